The summed E-state index contributed by atoms with van der Waals surface area (Å²) in [6, 6.07) is 0. The lowest BCUT2D eigenvalue weighted by molar-refractivity contribution is -0.300. The minimum atomic E-state index is -0.740. The molecule has 1 fully saturated rings. The average Bonchev–Trinajstić information content (AvgIpc) is 2.71. The molecule has 0 aromatic carbocycles. The molecule has 2 N–H and O–H groups in total. The molecule has 6 heteroatoms. The summed E-state index contributed by atoms with van der Waals surface area (Å²) in [5.41, 5.74) is 6.25. The molecule has 2 aliphatic carbocycles. The fourth-order valence-corrected chi connectivity index (χ4v) is 5.79. The topological polar surface area (TPSA) is 87.9 Å². The largest absolute Gasteiger partial charge is 0.461 e. The van der Waals surface area contributed by atoms with Crippen molar-refractivity contribution in [2.75, 3.05) is 0 Å². The van der Waals surface area contributed by atoms with Crippen LogP contribution in [0.25, 0.3) is 0 Å². The van der Waals surface area contributed by atoms with Gasteiger partial charge in [-0.15, -0.1) is 0 Å². The van der Waals surface area contributed by atoms with Crippen LogP contribution in [0.5, 0.6) is 0 Å². The molecule has 0 aromatic rings. The third kappa shape index (κ3) is 6.51. The maximum absolute atomic E-state index is 13.0. The van der Waals surface area contributed by atoms with Crippen LogP contribution in [0, 0.1) is 29.1 Å². The van der Waals surface area contributed by atoms with Gasteiger partial charge in [0, 0.05) is 12.3 Å². The summed E-state index contributed by atoms with van der Waals surface area (Å²) >= 11 is 0. The number of hydrogen-bond donors (Lipinski definition) is 1. The fourth-order valence-electron chi connectivity index (χ4n) is 5.79. The van der Waals surface area contributed by atoms with Crippen LogP contribution >= 0.6 is 0 Å². The van der Waals surface area contributed by atoms with Gasteiger partial charge in [0.15, 0.2) is 5.79 Å². The molecule has 7 atom stereocenters. The van der Waals surface area contributed by atoms with E-state index in [2.05, 4.69) is 32.1 Å². The molecule has 192 valence electrons. The molecule has 0 aromatic heterocycles. The van der Waals surface area contributed by atoms with Gasteiger partial charge in [-0.25, -0.2) is 0 Å². The molecule has 0 radical (unpaired) electrons. The first kappa shape index (κ1) is 26.9. The van der Waals surface area contributed by atoms with Crippen molar-refractivity contribution in [2.45, 2.75) is 111 Å². The van der Waals surface area contributed by atoms with E-state index in [0.717, 1.165) is 25.7 Å². The predicted molar refractivity (Wildman–Crippen MR) is 133 cm³/mol. The highest BCUT2D eigenvalue weighted by Gasteiger charge is 2.44. The number of allylic oxidation sites excluding steroid dienone is 3. The number of hydrogen-bond acceptors (Lipinski definition) is 5. The van der Waals surface area contributed by atoms with Gasteiger partial charge in [-0.1, -0.05) is 39.0 Å². The van der Waals surface area contributed by atoms with Crippen molar-refractivity contribution in [2.24, 2.45) is 34.8 Å². The Morgan fingerprint density at radius 1 is 1.15 bits per heavy atom. The van der Waals surface area contributed by atoms with Gasteiger partial charge in [0.2, 0.25) is 5.91 Å². The van der Waals surface area contributed by atoms with Gasteiger partial charge in [-0.2, -0.15) is 0 Å². The monoisotopic (exact) mass is 475 g/mol. The van der Waals surface area contributed by atoms with Crippen molar-refractivity contribution in [1.82, 2.24) is 0 Å². The maximum atomic E-state index is 13.0. The van der Waals surface area contributed by atoms with E-state index in [1.807, 2.05) is 34.6 Å². The van der Waals surface area contributed by atoms with E-state index in [9.17, 15) is 9.59 Å². The zero-order valence-corrected chi connectivity index (χ0v) is 22.1. The van der Waals surface area contributed by atoms with Gasteiger partial charge in [-0.3, -0.25) is 9.59 Å². The Labute approximate surface area is 205 Å². The van der Waals surface area contributed by atoms with Crippen LogP contribution in [0.1, 0.15) is 87.0 Å². The summed E-state index contributed by atoms with van der Waals surface area (Å²) in [5.74, 6) is 0.122. The maximum Gasteiger partial charge on any atom is 0.311 e. The van der Waals surface area contributed by atoms with E-state index in [1.54, 1.807) is 0 Å². The van der Waals surface area contributed by atoms with E-state index in [-0.39, 0.29) is 42.5 Å². The van der Waals surface area contributed by atoms with E-state index >= 15 is 0 Å². The zero-order chi connectivity index (χ0) is 25.3. The number of fused-ring (bicyclic) bond motifs is 1. The summed E-state index contributed by atoms with van der Waals surface area (Å²) in [7, 11) is 0. The lowest BCUT2D eigenvalue weighted by atomic mass is 9.65. The van der Waals surface area contributed by atoms with Gasteiger partial charge < -0.3 is 19.9 Å². The first-order chi connectivity index (χ1) is 15.8. The summed E-state index contributed by atoms with van der Waals surface area (Å²) in [6.45, 7) is 14.2. The average molecular weight is 476 g/mol. The highest BCUT2D eigenvalue weighted by Crippen LogP contribution is 2.46. The third-order valence-corrected chi connectivity index (χ3v) is 7.97. The Morgan fingerprint density at radius 3 is 2.47 bits per heavy atom. The minimum Gasteiger partial charge on any atom is -0.461 e. The van der Waals surface area contributed by atoms with Crippen molar-refractivity contribution >= 4 is 11.9 Å². The van der Waals surface area contributed by atoms with Crippen molar-refractivity contribution < 1.29 is 23.8 Å². The zero-order valence-electron chi connectivity index (χ0n) is 22.1. The summed E-state index contributed by atoms with van der Waals surface area (Å²) in [6.07, 6.45) is 10.9. The molecule has 34 heavy (non-hydrogen) atoms. The lowest BCUT2D eigenvalue weighted by Crippen LogP contribution is -2.46. The van der Waals surface area contributed by atoms with Gasteiger partial charge >= 0.3 is 5.97 Å². The highest BCUT2D eigenvalue weighted by atomic mass is 16.7. The van der Waals surface area contributed by atoms with E-state index in [4.69, 9.17) is 19.9 Å². The highest BCUT2D eigenvalue weighted by molar-refractivity contribution is 5.76. The molecular formula is C28H45NO5. The smallest absolute Gasteiger partial charge is 0.311 e. The molecule has 1 heterocycles. The van der Waals surface area contributed by atoms with Crippen molar-refractivity contribution in [1.29, 1.82) is 0 Å². The fraction of sp³-hybridized carbons (Fsp3) is 0.786. The third-order valence-electron chi connectivity index (χ3n) is 7.97. The van der Waals surface area contributed by atoms with Crippen molar-refractivity contribution in [3.8, 4) is 0 Å². The van der Waals surface area contributed by atoms with Crippen LogP contribution in [0.3, 0.4) is 0 Å². The standard InChI is InChI=1S/C28H45NO5/c1-8-27(4,5)26(31)32-23-14-17(2)13-19-10-9-18(3)22(25(19)23)12-11-20-15-21(16-24(29)30)34-28(6,7)33-20/h9-10,13,17-18,20-23,25H,8,11-12,14-16H2,1-7H3,(H2,29,30)/t17-,18?,20+,21+,22-,23-,25-/m0/s1. The molecule has 3 aliphatic rings. The second-order valence-corrected chi connectivity index (χ2v) is 11.8. The van der Waals surface area contributed by atoms with Gasteiger partial charge in [0.25, 0.3) is 0 Å². The van der Waals surface area contributed by atoms with Crippen LogP contribution in [0.2, 0.25) is 0 Å². The number of carbonyl (C=O) groups is 2. The van der Waals surface area contributed by atoms with Crippen LogP contribution in [0.4, 0.5) is 0 Å². The number of esters is 1. The number of rotatable bonds is 8. The number of carbonyl (C=O) groups excluding carboxylic acids is 2. The van der Waals surface area contributed by atoms with Crippen LogP contribution in [0.15, 0.2) is 23.8 Å². The normalized spacial score (nSPS) is 35.3. The molecule has 6 nitrogen and oxygen atoms in total. The Bertz CT molecular complexity index is 814. The van der Waals surface area contributed by atoms with Gasteiger partial charge in [-0.05, 0) is 76.7 Å². The summed E-state index contributed by atoms with van der Waals surface area (Å²) < 4.78 is 18.4. The molecule has 1 amide bonds. The number of nitrogens with two attached hydrogens (primary N) is 1. The molecular weight excluding hydrogens is 430 g/mol. The van der Waals surface area contributed by atoms with Crippen LogP contribution in [-0.4, -0.2) is 36.0 Å². The summed E-state index contributed by atoms with van der Waals surface area (Å²) in [5, 5.41) is 0. The van der Waals surface area contributed by atoms with Crippen molar-refractivity contribution in [3.63, 3.8) is 0 Å². The number of amides is 1. The van der Waals surface area contributed by atoms with E-state index < -0.39 is 11.2 Å². The van der Waals surface area contributed by atoms with Crippen LogP contribution in [-0.2, 0) is 23.8 Å². The SMILES string of the molecule is CCC(C)(C)C(=O)O[C@H]1C[C@@H](C)C=C2C=CC(C)[C@H](CC[C@@H]3C[C@H](CC(N)=O)OC(C)(C)O3)[C@H]21. The Kier molecular flexibility index (Phi) is 8.34. The Hall–Kier alpha value is -1.66. The predicted octanol–water partition coefficient (Wildman–Crippen LogP) is 5.30. The first-order valence-electron chi connectivity index (χ1n) is 13.1. The number of ether oxygens (including phenoxy) is 3. The quantitative estimate of drug-likeness (QED) is 0.481. The first-order valence-corrected chi connectivity index (χ1v) is 13.1. The van der Waals surface area contributed by atoms with Crippen LogP contribution < -0.4 is 5.73 Å². The second kappa shape index (κ2) is 10.5. The molecule has 0 saturated carbocycles. The van der Waals surface area contributed by atoms with Gasteiger partial charge in [0.05, 0.1) is 24.0 Å². The molecule has 0 bridgehead atoms. The Morgan fingerprint density at radius 2 is 1.82 bits per heavy atom. The molecule has 3 rings (SSSR count). The van der Waals surface area contributed by atoms with E-state index in [0.29, 0.717) is 24.2 Å². The second-order valence-electron chi connectivity index (χ2n) is 11.8. The lowest BCUT2D eigenvalue weighted by Gasteiger charge is -2.45. The number of primary amides is 1. The van der Waals surface area contributed by atoms with E-state index in [1.165, 1.54) is 5.57 Å². The molecule has 0 spiro atoms. The molecule has 1 saturated heterocycles. The minimum absolute atomic E-state index is 0.00109. The van der Waals surface area contributed by atoms with Crippen molar-refractivity contribution in [3.05, 3.63) is 23.8 Å². The Balaban J connectivity index is 1.75. The molecule has 1 unspecified atom stereocenters. The van der Waals surface area contributed by atoms with Gasteiger partial charge in [0.1, 0.15) is 6.10 Å². The molecule has 1 aliphatic heterocycles. The summed E-state index contributed by atoms with van der Waals surface area (Å²) in [4.78, 5) is 24.5.